The Kier molecular flexibility index (Phi) is 3.24. The standard InChI is InChI=1S/C13H17F2N/c1-8-5-10(16-2)7-12(8)11-4-3-9(14)6-13(11)15/h3-4,6,8,10,12,16H,5,7H2,1-2H3/t8-,10?,12-/m1/s1. The molecular weight excluding hydrogens is 208 g/mol. The molecule has 1 fully saturated rings. The van der Waals surface area contributed by atoms with Crippen LogP contribution in [0.1, 0.15) is 31.2 Å². The summed E-state index contributed by atoms with van der Waals surface area (Å²) in [7, 11) is 1.93. The van der Waals surface area contributed by atoms with Crippen LogP contribution in [-0.4, -0.2) is 13.1 Å². The summed E-state index contributed by atoms with van der Waals surface area (Å²) in [5.41, 5.74) is 0.659. The van der Waals surface area contributed by atoms with E-state index in [1.165, 1.54) is 6.07 Å². The normalized spacial score (nSPS) is 29.6. The van der Waals surface area contributed by atoms with Crippen LogP contribution in [0.15, 0.2) is 18.2 Å². The van der Waals surface area contributed by atoms with Gasteiger partial charge in [0.1, 0.15) is 11.6 Å². The maximum Gasteiger partial charge on any atom is 0.129 e. The maximum atomic E-state index is 13.6. The van der Waals surface area contributed by atoms with Crippen molar-refractivity contribution in [2.75, 3.05) is 7.05 Å². The van der Waals surface area contributed by atoms with Gasteiger partial charge in [0.2, 0.25) is 0 Å². The summed E-state index contributed by atoms with van der Waals surface area (Å²) in [5, 5.41) is 3.23. The minimum Gasteiger partial charge on any atom is -0.317 e. The number of hydrogen-bond acceptors (Lipinski definition) is 1. The van der Waals surface area contributed by atoms with Crippen molar-refractivity contribution in [1.29, 1.82) is 0 Å². The molecule has 1 unspecified atom stereocenters. The molecule has 0 amide bonds. The van der Waals surface area contributed by atoms with Gasteiger partial charge in [0, 0.05) is 12.1 Å². The molecule has 1 aromatic rings. The quantitative estimate of drug-likeness (QED) is 0.815. The van der Waals surface area contributed by atoms with Gasteiger partial charge in [0.15, 0.2) is 0 Å². The van der Waals surface area contributed by atoms with E-state index in [9.17, 15) is 8.78 Å². The fourth-order valence-electron chi connectivity index (χ4n) is 2.72. The molecule has 1 aliphatic rings. The third-order valence-electron chi connectivity index (χ3n) is 3.65. The van der Waals surface area contributed by atoms with E-state index in [-0.39, 0.29) is 5.92 Å². The van der Waals surface area contributed by atoms with Gasteiger partial charge < -0.3 is 5.32 Å². The molecule has 0 heterocycles. The van der Waals surface area contributed by atoms with Gasteiger partial charge in [-0.2, -0.15) is 0 Å². The second-order valence-electron chi connectivity index (χ2n) is 4.71. The van der Waals surface area contributed by atoms with Crippen molar-refractivity contribution in [3.63, 3.8) is 0 Å². The highest BCUT2D eigenvalue weighted by atomic mass is 19.1. The van der Waals surface area contributed by atoms with Gasteiger partial charge in [0.25, 0.3) is 0 Å². The van der Waals surface area contributed by atoms with Crippen LogP contribution in [0.5, 0.6) is 0 Å². The van der Waals surface area contributed by atoms with Gasteiger partial charge in [0.05, 0.1) is 0 Å². The first kappa shape index (κ1) is 11.5. The molecule has 0 spiro atoms. The molecule has 2 rings (SSSR count). The van der Waals surface area contributed by atoms with Crippen molar-refractivity contribution in [1.82, 2.24) is 5.32 Å². The van der Waals surface area contributed by atoms with E-state index in [4.69, 9.17) is 0 Å². The average molecular weight is 225 g/mol. The van der Waals surface area contributed by atoms with Crippen LogP contribution in [0.3, 0.4) is 0 Å². The number of nitrogens with one attached hydrogen (secondary N) is 1. The van der Waals surface area contributed by atoms with Gasteiger partial charge in [-0.25, -0.2) is 8.78 Å². The van der Waals surface area contributed by atoms with Crippen molar-refractivity contribution in [2.24, 2.45) is 5.92 Å². The van der Waals surface area contributed by atoms with Crippen LogP contribution < -0.4 is 5.32 Å². The lowest BCUT2D eigenvalue weighted by Gasteiger charge is -2.16. The average Bonchev–Trinajstić information content (AvgIpc) is 2.60. The van der Waals surface area contributed by atoms with Crippen LogP contribution in [-0.2, 0) is 0 Å². The van der Waals surface area contributed by atoms with E-state index in [0.717, 1.165) is 18.9 Å². The first-order valence-electron chi connectivity index (χ1n) is 5.74. The predicted octanol–water partition coefficient (Wildman–Crippen LogP) is 3.07. The van der Waals surface area contributed by atoms with Gasteiger partial charge in [-0.3, -0.25) is 0 Å². The highest BCUT2D eigenvalue weighted by Gasteiger charge is 2.32. The third-order valence-corrected chi connectivity index (χ3v) is 3.65. The monoisotopic (exact) mass is 225 g/mol. The molecule has 1 aliphatic carbocycles. The Bertz CT molecular complexity index is 378. The predicted molar refractivity (Wildman–Crippen MR) is 60.3 cm³/mol. The maximum absolute atomic E-state index is 13.6. The molecule has 0 bridgehead atoms. The van der Waals surface area contributed by atoms with Gasteiger partial charge in [-0.1, -0.05) is 13.0 Å². The highest BCUT2D eigenvalue weighted by molar-refractivity contribution is 5.25. The van der Waals surface area contributed by atoms with E-state index < -0.39 is 11.6 Å². The first-order valence-corrected chi connectivity index (χ1v) is 5.74. The SMILES string of the molecule is CNC1C[C@@H](C)[C@H](c2ccc(F)cc2F)C1. The Morgan fingerprint density at radius 2 is 2.00 bits per heavy atom. The number of hydrogen-bond donors (Lipinski definition) is 1. The highest BCUT2D eigenvalue weighted by Crippen LogP contribution is 2.40. The summed E-state index contributed by atoms with van der Waals surface area (Å²) >= 11 is 0. The summed E-state index contributed by atoms with van der Waals surface area (Å²) < 4.78 is 26.5. The molecule has 0 aromatic heterocycles. The largest absolute Gasteiger partial charge is 0.317 e. The number of benzene rings is 1. The van der Waals surface area contributed by atoms with Crippen LogP contribution in [0.2, 0.25) is 0 Å². The molecule has 0 radical (unpaired) electrons. The van der Waals surface area contributed by atoms with Crippen LogP contribution >= 0.6 is 0 Å². The van der Waals surface area contributed by atoms with E-state index >= 15 is 0 Å². The minimum absolute atomic E-state index is 0.207. The molecular formula is C13H17F2N. The van der Waals surface area contributed by atoms with Gasteiger partial charge in [-0.15, -0.1) is 0 Å². The lowest BCUT2D eigenvalue weighted by Crippen LogP contribution is -2.21. The van der Waals surface area contributed by atoms with Gasteiger partial charge >= 0.3 is 0 Å². The Labute approximate surface area is 94.9 Å². The molecule has 16 heavy (non-hydrogen) atoms. The lowest BCUT2D eigenvalue weighted by atomic mass is 9.90. The van der Waals surface area contributed by atoms with E-state index in [1.54, 1.807) is 6.07 Å². The Morgan fingerprint density at radius 3 is 2.56 bits per heavy atom. The van der Waals surface area contributed by atoms with Crippen molar-refractivity contribution in [2.45, 2.75) is 31.7 Å². The molecule has 1 N–H and O–H groups in total. The summed E-state index contributed by atoms with van der Waals surface area (Å²) in [6.07, 6.45) is 1.98. The second-order valence-corrected chi connectivity index (χ2v) is 4.71. The summed E-state index contributed by atoms with van der Waals surface area (Å²) in [5.74, 6) is -0.263. The zero-order valence-corrected chi connectivity index (χ0v) is 9.63. The van der Waals surface area contributed by atoms with Crippen molar-refractivity contribution in [3.8, 4) is 0 Å². The molecule has 1 nitrogen and oxygen atoms in total. The van der Waals surface area contributed by atoms with Crippen molar-refractivity contribution in [3.05, 3.63) is 35.4 Å². The molecule has 0 saturated heterocycles. The lowest BCUT2D eigenvalue weighted by molar-refractivity contribution is 0.494. The van der Waals surface area contributed by atoms with Crippen molar-refractivity contribution < 1.29 is 8.78 Å². The molecule has 1 saturated carbocycles. The zero-order chi connectivity index (χ0) is 11.7. The van der Waals surface area contributed by atoms with E-state index in [0.29, 0.717) is 17.5 Å². The van der Waals surface area contributed by atoms with Crippen LogP contribution in [0.25, 0.3) is 0 Å². The second kappa shape index (κ2) is 4.50. The Balaban J connectivity index is 2.24. The van der Waals surface area contributed by atoms with Crippen LogP contribution in [0.4, 0.5) is 8.78 Å². The molecule has 0 aliphatic heterocycles. The van der Waals surface area contributed by atoms with E-state index in [2.05, 4.69) is 12.2 Å². The topological polar surface area (TPSA) is 12.0 Å². The zero-order valence-electron chi connectivity index (χ0n) is 9.63. The fraction of sp³-hybridized carbons (Fsp3) is 0.538. The number of halogens is 2. The van der Waals surface area contributed by atoms with Crippen LogP contribution in [0, 0.1) is 17.6 Å². The number of rotatable bonds is 2. The third kappa shape index (κ3) is 2.09. The van der Waals surface area contributed by atoms with Crippen molar-refractivity contribution >= 4 is 0 Å². The molecule has 3 atom stereocenters. The van der Waals surface area contributed by atoms with E-state index in [1.807, 2.05) is 7.05 Å². The molecule has 1 aromatic carbocycles. The Morgan fingerprint density at radius 1 is 1.25 bits per heavy atom. The summed E-state index contributed by atoms with van der Waals surface area (Å²) in [4.78, 5) is 0. The fourth-order valence-corrected chi connectivity index (χ4v) is 2.72. The van der Waals surface area contributed by atoms with Gasteiger partial charge in [-0.05, 0) is 43.4 Å². The molecule has 88 valence electrons. The summed E-state index contributed by atoms with van der Waals surface area (Å²) in [6, 6.07) is 4.36. The smallest absolute Gasteiger partial charge is 0.129 e. The first-order chi connectivity index (χ1) is 7.61. The summed E-state index contributed by atoms with van der Waals surface area (Å²) in [6.45, 7) is 2.13. The minimum atomic E-state index is -0.503. The molecule has 3 heteroatoms. The Hall–Kier alpha value is -0.960.